The minimum atomic E-state index is -0.817. The fourth-order valence-electron chi connectivity index (χ4n) is 2.83. The molecule has 0 bridgehead atoms. The molecule has 166 valence electrons. The third-order valence-electron chi connectivity index (χ3n) is 4.75. The number of nitrogens with zero attached hydrogens (tertiary/aromatic N) is 2. The standard InChI is InChI=1S/C24H27N5O3/c1-16(25-23(32)24(2,3)4)21(30)26-27-22(31)19-15-29(18-13-9-6-10-14-18)28-20(19)17-11-7-5-8-12-17/h5-16H,1-4H3,(H,25,32)(H,26,30)(H,27,31). The van der Waals surface area contributed by atoms with E-state index in [1.54, 1.807) is 38.6 Å². The smallest absolute Gasteiger partial charge is 0.273 e. The monoisotopic (exact) mass is 433 g/mol. The second kappa shape index (κ2) is 9.47. The van der Waals surface area contributed by atoms with E-state index in [1.807, 2.05) is 60.7 Å². The van der Waals surface area contributed by atoms with Crippen LogP contribution in [0.25, 0.3) is 16.9 Å². The molecule has 0 saturated heterocycles. The summed E-state index contributed by atoms with van der Waals surface area (Å²) in [5, 5.41) is 7.21. The zero-order valence-electron chi connectivity index (χ0n) is 18.5. The van der Waals surface area contributed by atoms with Gasteiger partial charge in [-0.3, -0.25) is 25.2 Å². The first kappa shape index (κ1) is 22.7. The van der Waals surface area contributed by atoms with Gasteiger partial charge in [-0.15, -0.1) is 0 Å². The second-order valence-electron chi connectivity index (χ2n) is 8.43. The highest BCUT2D eigenvalue weighted by atomic mass is 16.2. The average molecular weight is 434 g/mol. The van der Waals surface area contributed by atoms with E-state index in [2.05, 4.69) is 21.3 Å². The van der Waals surface area contributed by atoms with Crippen LogP contribution < -0.4 is 16.2 Å². The molecule has 1 unspecified atom stereocenters. The van der Waals surface area contributed by atoms with E-state index in [-0.39, 0.29) is 5.91 Å². The molecule has 0 aliphatic carbocycles. The minimum absolute atomic E-state index is 0.262. The normalized spacial score (nSPS) is 12.0. The Morgan fingerprint density at radius 3 is 2.09 bits per heavy atom. The van der Waals surface area contributed by atoms with Crippen LogP contribution in [-0.4, -0.2) is 33.5 Å². The van der Waals surface area contributed by atoms with Crippen LogP contribution in [0, 0.1) is 5.41 Å². The summed E-state index contributed by atoms with van der Waals surface area (Å²) in [5.41, 5.74) is 6.51. The van der Waals surface area contributed by atoms with Gasteiger partial charge in [0, 0.05) is 17.2 Å². The summed E-state index contributed by atoms with van der Waals surface area (Å²) in [6.07, 6.45) is 1.62. The molecule has 1 atom stereocenters. The van der Waals surface area contributed by atoms with Crippen molar-refractivity contribution in [3.05, 3.63) is 72.4 Å². The molecule has 8 nitrogen and oxygen atoms in total. The van der Waals surface area contributed by atoms with Crippen molar-refractivity contribution in [1.82, 2.24) is 25.9 Å². The first-order chi connectivity index (χ1) is 15.2. The van der Waals surface area contributed by atoms with Gasteiger partial charge >= 0.3 is 0 Å². The molecule has 3 N–H and O–H groups in total. The SMILES string of the molecule is CC(NC(=O)C(C)(C)C)C(=O)NNC(=O)c1cn(-c2ccccc2)nc1-c1ccccc1. The third-order valence-corrected chi connectivity index (χ3v) is 4.75. The van der Waals surface area contributed by atoms with E-state index in [1.165, 1.54) is 0 Å². The van der Waals surface area contributed by atoms with Crippen molar-refractivity contribution < 1.29 is 14.4 Å². The number of hydrazine groups is 1. The number of nitrogens with one attached hydrogen (secondary N) is 3. The Bertz CT molecular complexity index is 1100. The van der Waals surface area contributed by atoms with Crippen LogP contribution in [0.4, 0.5) is 0 Å². The van der Waals surface area contributed by atoms with Gasteiger partial charge in [0.25, 0.3) is 11.8 Å². The first-order valence-corrected chi connectivity index (χ1v) is 10.3. The molecule has 0 aliphatic heterocycles. The third kappa shape index (κ3) is 5.40. The Hall–Kier alpha value is -3.94. The van der Waals surface area contributed by atoms with Gasteiger partial charge in [-0.2, -0.15) is 5.10 Å². The fraction of sp³-hybridized carbons (Fsp3) is 0.250. The van der Waals surface area contributed by atoms with Crippen molar-refractivity contribution in [1.29, 1.82) is 0 Å². The van der Waals surface area contributed by atoms with E-state index < -0.39 is 23.3 Å². The number of rotatable bonds is 5. The lowest BCUT2D eigenvalue weighted by Crippen LogP contribution is -2.52. The van der Waals surface area contributed by atoms with Gasteiger partial charge in [0.2, 0.25) is 5.91 Å². The van der Waals surface area contributed by atoms with E-state index in [9.17, 15) is 14.4 Å². The van der Waals surface area contributed by atoms with E-state index in [4.69, 9.17) is 0 Å². The zero-order valence-corrected chi connectivity index (χ0v) is 18.5. The number of aromatic nitrogens is 2. The van der Waals surface area contributed by atoms with Crippen LogP contribution in [0.2, 0.25) is 0 Å². The summed E-state index contributed by atoms with van der Waals surface area (Å²) in [5.74, 6) is -1.32. The molecular weight excluding hydrogens is 406 g/mol. The van der Waals surface area contributed by atoms with E-state index in [0.29, 0.717) is 11.3 Å². The Morgan fingerprint density at radius 2 is 1.50 bits per heavy atom. The second-order valence-corrected chi connectivity index (χ2v) is 8.43. The molecule has 8 heteroatoms. The van der Waals surface area contributed by atoms with Crippen LogP contribution in [0.15, 0.2) is 66.9 Å². The Morgan fingerprint density at radius 1 is 0.906 bits per heavy atom. The Labute approximate surface area is 187 Å². The van der Waals surface area contributed by atoms with Gasteiger partial charge in [-0.25, -0.2) is 4.68 Å². The van der Waals surface area contributed by atoms with Gasteiger partial charge in [0.15, 0.2) is 0 Å². The van der Waals surface area contributed by atoms with Crippen molar-refractivity contribution in [2.45, 2.75) is 33.7 Å². The largest absolute Gasteiger partial charge is 0.344 e. The number of amides is 3. The summed E-state index contributed by atoms with van der Waals surface area (Å²) >= 11 is 0. The molecule has 3 amide bonds. The van der Waals surface area contributed by atoms with Crippen LogP contribution in [0.3, 0.4) is 0 Å². The maximum Gasteiger partial charge on any atom is 0.273 e. The number of para-hydroxylation sites is 1. The molecule has 1 heterocycles. The molecule has 3 aromatic rings. The molecule has 0 radical (unpaired) electrons. The molecule has 1 aromatic heterocycles. The first-order valence-electron chi connectivity index (χ1n) is 10.3. The number of carbonyl (C=O) groups is 3. The van der Waals surface area contributed by atoms with Crippen molar-refractivity contribution in [3.63, 3.8) is 0 Å². The maximum absolute atomic E-state index is 12.9. The fourth-order valence-corrected chi connectivity index (χ4v) is 2.83. The molecule has 32 heavy (non-hydrogen) atoms. The molecule has 3 rings (SSSR count). The molecule has 0 aliphatic rings. The van der Waals surface area contributed by atoms with Crippen molar-refractivity contribution in [3.8, 4) is 16.9 Å². The number of hydrogen-bond donors (Lipinski definition) is 3. The Kier molecular flexibility index (Phi) is 6.73. The zero-order chi connectivity index (χ0) is 23.3. The topological polar surface area (TPSA) is 105 Å². The van der Waals surface area contributed by atoms with Gasteiger partial charge in [-0.05, 0) is 19.1 Å². The molecule has 0 spiro atoms. The van der Waals surface area contributed by atoms with Crippen LogP contribution in [-0.2, 0) is 9.59 Å². The summed E-state index contributed by atoms with van der Waals surface area (Å²) in [4.78, 5) is 37.4. The lowest BCUT2D eigenvalue weighted by molar-refractivity contribution is -0.133. The minimum Gasteiger partial charge on any atom is -0.344 e. The maximum atomic E-state index is 12.9. The van der Waals surface area contributed by atoms with E-state index in [0.717, 1.165) is 11.3 Å². The van der Waals surface area contributed by atoms with Crippen molar-refractivity contribution >= 4 is 17.7 Å². The molecule has 2 aromatic carbocycles. The molecule has 0 saturated carbocycles. The van der Waals surface area contributed by atoms with Gasteiger partial charge in [0.1, 0.15) is 11.7 Å². The van der Waals surface area contributed by atoms with Crippen LogP contribution in [0.5, 0.6) is 0 Å². The summed E-state index contributed by atoms with van der Waals surface area (Å²) < 4.78 is 1.62. The van der Waals surface area contributed by atoms with E-state index >= 15 is 0 Å². The molecular formula is C24H27N5O3. The van der Waals surface area contributed by atoms with Crippen molar-refractivity contribution in [2.75, 3.05) is 0 Å². The highest BCUT2D eigenvalue weighted by molar-refractivity contribution is 6.01. The van der Waals surface area contributed by atoms with Crippen molar-refractivity contribution in [2.24, 2.45) is 5.41 Å². The predicted molar refractivity (Wildman–Crippen MR) is 122 cm³/mol. The van der Waals surface area contributed by atoms with Gasteiger partial charge in [0.05, 0.1) is 11.3 Å². The van der Waals surface area contributed by atoms with Gasteiger partial charge < -0.3 is 5.32 Å². The predicted octanol–water partition coefficient (Wildman–Crippen LogP) is 2.85. The Balaban J connectivity index is 1.78. The molecule has 0 fully saturated rings. The summed E-state index contributed by atoms with van der Waals surface area (Å²) in [6, 6.07) is 17.9. The number of hydrogen-bond acceptors (Lipinski definition) is 4. The quantitative estimate of drug-likeness (QED) is 0.538. The van der Waals surface area contributed by atoms with Gasteiger partial charge in [-0.1, -0.05) is 69.3 Å². The summed E-state index contributed by atoms with van der Waals surface area (Å²) in [7, 11) is 0. The van der Waals surface area contributed by atoms with Crippen LogP contribution in [0.1, 0.15) is 38.1 Å². The average Bonchev–Trinajstić information content (AvgIpc) is 3.23. The summed E-state index contributed by atoms with van der Waals surface area (Å²) in [6.45, 7) is 6.81. The highest BCUT2D eigenvalue weighted by Crippen LogP contribution is 2.23. The highest BCUT2D eigenvalue weighted by Gasteiger charge is 2.26. The number of carbonyl (C=O) groups excluding carboxylic acids is 3. The van der Waals surface area contributed by atoms with Crippen LogP contribution >= 0.6 is 0 Å². The lowest BCUT2D eigenvalue weighted by Gasteiger charge is -2.21. The number of benzene rings is 2. The lowest BCUT2D eigenvalue weighted by atomic mass is 9.95.